The molecule has 0 bridgehead atoms. The Kier molecular flexibility index (Phi) is 6.85. The van der Waals surface area contributed by atoms with Crippen LogP contribution in [-0.4, -0.2) is 32.1 Å². The first-order chi connectivity index (χ1) is 10.2. The highest BCUT2D eigenvalue weighted by molar-refractivity contribution is 6.76. The standard InChI is InChI=1S/C17H31NO3Si/c1-6-7-9-14-12-17(2,13-15(14)19)21-16(20)18-10-8-11-22(3,4)5/h12H,6-11,13H2,1-5H3,(H,18,20). The number of nitrogens with one attached hydrogen (secondary N) is 1. The van der Waals surface area contributed by atoms with Crippen LogP contribution in [0.2, 0.25) is 25.7 Å². The third-order valence-corrected chi connectivity index (χ3v) is 5.70. The third kappa shape index (κ3) is 6.77. The maximum atomic E-state index is 12.0. The first-order valence-electron chi connectivity index (χ1n) is 8.37. The lowest BCUT2D eigenvalue weighted by Gasteiger charge is -2.22. The highest BCUT2D eigenvalue weighted by Crippen LogP contribution is 2.31. The van der Waals surface area contributed by atoms with Crippen molar-refractivity contribution in [3.05, 3.63) is 11.6 Å². The average Bonchev–Trinajstić information content (AvgIpc) is 2.65. The summed E-state index contributed by atoms with van der Waals surface area (Å²) in [6.07, 6.45) is 5.51. The zero-order chi connectivity index (χ0) is 16.8. The van der Waals surface area contributed by atoms with E-state index in [1.807, 2.05) is 13.0 Å². The lowest BCUT2D eigenvalue weighted by Crippen LogP contribution is -2.35. The molecule has 1 rings (SSSR count). The van der Waals surface area contributed by atoms with Crippen molar-refractivity contribution in [1.29, 1.82) is 0 Å². The molecule has 0 spiro atoms. The molecule has 1 atom stereocenters. The summed E-state index contributed by atoms with van der Waals surface area (Å²) in [5.41, 5.74) is 0.0408. The molecule has 0 radical (unpaired) electrons. The number of hydrogen-bond acceptors (Lipinski definition) is 3. The molecule has 1 aliphatic carbocycles. The number of unbranched alkanes of at least 4 members (excludes halogenated alkanes) is 1. The van der Waals surface area contributed by atoms with Gasteiger partial charge in [0.1, 0.15) is 5.60 Å². The van der Waals surface area contributed by atoms with Crippen LogP contribution in [0, 0.1) is 0 Å². The van der Waals surface area contributed by atoms with Gasteiger partial charge in [0.05, 0.1) is 6.42 Å². The van der Waals surface area contributed by atoms with E-state index in [2.05, 4.69) is 31.9 Å². The van der Waals surface area contributed by atoms with E-state index in [0.717, 1.165) is 31.3 Å². The minimum Gasteiger partial charge on any atom is -0.438 e. The Morgan fingerprint density at radius 1 is 1.36 bits per heavy atom. The Labute approximate surface area is 135 Å². The predicted octanol–water partition coefficient (Wildman–Crippen LogP) is 4.29. The van der Waals surface area contributed by atoms with E-state index in [-0.39, 0.29) is 12.2 Å². The van der Waals surface area contributed by atoms with Gasteiger partial charge in [0.2, 0.25) is 0 Å². The molecule has 1 N–H and O–H groups in total. The van der Waals surface area contributed by atoms with Gasteiger partial charge >= 0.3 is 6.09 Å². The van der Waals surface area contributed by atoms with Gasteiger partial charge in [-0.2, -0.15) is 0 Å². The molecule has 4 nitrogen and oxygen atoms in total. The van der Waals surface area contributed by atoms with E-state index >= 15 is 0 Å². The van der Waals surface area contributed by atoms with Crippen LogP contribution in [0.3, 0.4) is 0 Å². The van der Waals surface area contributed by atoms with Crippen LogP contribution < -0.4 is 5.32 Å². The molecule has 0 aromatic carbocycles. The number of carbonyl (C=O) groups excluding carboxylic acids is 2. The molecule has 0 saturated heterocycles. The second kappa shape index (κ2) is 7.95. The van der Waals surface area contributed by atoms with Crippen LogP contribution in [-0.2, 0) is 9.53 Å². The van der Waals surface area contributed by atoms with Gasteiger partial charge in [0.15, 0.2) is 5.78 Å². The summed E-state index contributed by atoms with van der Waals surface area (Å²) in [5.74, 6) is 0.113. The van der Waals surface area contributed by atoms with Gasteiger partial charge in [0.25, 0.3) is 0 Å². The lowest BCUT2D eigenvalue weighted by molar-refractivity contribution is -0.117. The fourth-order valence-electron chi connectivity index (χ4n) is 2.63. The number of alkyl carbamates (subject to hydrolysis) is 1. The van der Waals surface area contributed by atoms with Gasteiger partial charge < -0.3 is 10.1 Å². The molecule has 0 aliphatic heterocycles. The molecule has 0 saturated carbocycles. The summed E-state index contributed by atoms with van der Waals surface area (Å²) >= 11 is 0. The number of ether oxygens (including phenoxy) is 1. The number of Topliss-reactive ketones (excluding diaryl/α,β-unsaturated/α-hetero) is 1. The minimum atomic E-state index is -1.06. The zero-order valence-electron chi connectivity index (χ0n) is 14.8. The second-order valence-corrected chi connectivity index (χ2v) is 13.3. The van der Waals surface area contributed by atoms with Gasteiger partial charge in [-0.3, -0.25) is 4.79 Å². The SMILES string of the molecule is CCCCC1=CC(C)(OC(=O)NCCC[Si](C)(C)C)CC1=O. The normalized spacial score (nSPS) is 21.7. The molecule has 5 heteroatoms. The van der Waals surface area contributed by atoms with Crippen molar-refractivity contribution >= 4 is 20.0 Å². The van der Waals surface area contributed by atoms with Crippen LogP contribution in [0.4, 0.5) is 4.79 Å². The summed E-state index contributed by atoms with van der Waals surface area (Å²) < 4.78 is 5.48. The van der Waals surface area contributed by atoms with Crippen molar-refractivity contribution in [2.45, 2.75) is 77.2 Å². The maximum Gasteiger partial charge on any atom is 0.408 e. The predicted molar refractivity (Wildman–Crippen MR) is 92.9 cm³/mol. The summed E-state index contributed by atoms with van der Waals surface area (Å²) in [6.45, 7) is 11.5. The monoisotopic (exact) mass is 325 g/mol. The van der Waals surface area contributed by atoms with Crippen LogP contribution in [0.1, 0.15) is 46.0 Å². The molecule has 1 unspecified atom stereocenters. The summed E-state index contributed by atoms with van der Waals surface area (Å²) in [6, 6.07) is 1.18. The van der Waals surface area contributed by atoms with Crippen molar-refractivity contribution in [1.82, 2.24) is 5.32 Å². The van der Waals surface area contributed by atoms with E-state index in [1.165, 1.54) is 6.04 Å². The fraction of sp³-hybridized carbons (Fsp3) is 0.765. The van der Waals surface area contributed by atoms with Crippen LogP contribution >= 0.6 is 0 Å². The Bertz CT molecular complexity index is 440. The van der Waals surface area contributed by atoms with Crippen molar-refractivity contribution in [2.75, 3.05) is 6.54 Å². The van der Waals surface area contributed by atoms with Crippen LogP contribution in [0.5, 0.6) is 0 Å². The molecule has 126 valence electrons. The number of amides is 1. The topological polar surface area (TPSA) is 55.4 Å². The summed E-state index contributed by atoms with van der Waals surface area (Å²) in [4.78, 5) is 23.9. The Balaban J connectivity index is 2.40. The van der Waals surface area contributed by atoms with Crippen LogP contribution in [0.25, 0.3) is 0 Å². The molecular weight excluding hydrogens is 294 g/mol. The number of carbonyl (C=O) groups is 2. The third-order valence-electron chi connectivity index (χ3n) is 3.85. The zero-order valence-corrected chi connectivity index (χ0v) is 15.8. The second-order valence-electron chi connectivity index (χ2n) is 7.67. The van der Waals surface area contributed by atoms with Gasteiger partial charge in [0, 0.05) is 14.6 Å². The molecule has 0 aromatic rings. The Morgan fingerprint density at radius 3 is 2.64 bits per heavy atom. The number of ketones is 1. The summed E-state index contributed by atoms with van der Waals surface area (Å²) in [7, 11) is -1.06. The van der Waals surface area contributed by atoms with Crippen molar-refractivity contribution in [2.24, 2.45) is 0 Å². The number of rotatable bonds is 8. The lowest BCUT2D eigenvalue weighted by atomic mass is 10.1. The highest BCUT2D eigenvalue weighted by Gasteiger charge is 2.37. The molecule has 1 aliphatic rings. The van der Waals surface area contributed by atoms with E-state index in [9.17, 15) is 9.59 Å². The molecule has 0 fully saturated rings. The van der Waals surface area contributed by atoms with Crippen molar-refractivity contribution in [3.63, 3.8) is 0 Å². The first kappa shape index (κ1) is 18.9. The van der Waals surface area contributed by atoms with Gasteiger partial charge in [-0.25, -0.2) is 4.79 Å². The molecule has 1 amide bonds. The average molecular weight is 326 g/mol. The Morgan fingerprint density at radius 2 is 2.05 bits per heavy atom. The quantitative estimate of drug-likeness (QED) is 0.535. The molecule has 0 aromatic heterocycles. The van der Waals surface area contributed by atoms with E-state index in [4.69, 9.17) is 4.74 Å². The smallest absolute Gasteiger partial charge is 0.408 e. The largest absolute Gasteiger partial charge is 0.438 e. The van der Waals surface area contributed by atoms with Crippen LogP contribution in [0.15, 0.2) is 11.6 Å². The van der Waals surface area contributed by atoms with E-state index < -0.39 is 19.8 Å². The van der Waals surface area contributed by atoms with Crippen molar-refractivity contribution in [3.8, 4) is 0 Å². The number of hydrogen-bond donors (Lipinski definition) is 1. The maximum absolute atomic E-state index is 12.0. The van der Waals surface area contributed by atoms with Crippen molar-refractivity contribution < 1.29 is 14.3 Å². The van der Waals surface area contributed by atoms with Gasteiger partial charge in [-0.15, -0.1) is 0 Å². The van der Waals surface area contributed by atoms with Gasteiger partial charge in [-0.1, -0.05) is 39.0 Å². The molecular formula is C17H31NO3Si. The van der Waals surface area contributed by atoms with E-state index in [0.29, 0.717) is 6.54 Å². The van der Waals surface area contributed by atoms with E-state index in [1.54, 1.807) is 0 Å². The minimum absolute atomic E-state index is 0.113. The van der Waals surface area contributed by atoms with Gasteiger partial charge in [-0.05, 0) is 37.8 Å². The highest BCUT2D eigenvalue weighted by atomic mass is 28.3. The fourth-order valence-corrected chi connectivity index (χ4v) is 3.87. The number of allylic oxidation sites excluding steroid dienone is 1. The Hall–Kier alpha value is -1.10. The summed E-state index contributed by atoms with van der Waals surface area (Å²) in [5, 5.41) is 2.80. The molecule has 0 heterocycles. The molecule has 22 heavy (non-hydrogen) atoms. The first-order valence-corrected chi connectivity index (χ1v) is 12.1.